The normalized spacial score (nSPS) is 16.7. The van der Waals surface area contributed by atoms with Crippen molar-refractivity contribution >= 4 is 46.2 Å². The molecule has 1 atom stereocenters. The largest absolute Gasteiger partial charge is 0.362 e. The van der Waals surface area contributed by atoms with E-state index < -0.39 is 0 Å². The van der Waals surface area contributed by atoms with Crippen LogP contribution in [0.2, 0.25) is 5.02 Å². The third-order valence-electron chi connectivity index (χ3n) is 5.13. The van der Waals surface area contributed by atoms with Crippen molar-refractivity contribution in [1.29, 1.82) is 0 Å². The van der Waals surface area contributed by atoms with Gasteiger partial charge in [-0.2, -0.15) is 10.2 Å². The van der Waals surface area contributed by atoms with Crippen LogP contribution < -0.4 is 15.8 Å². The number of benzene rings is 3. The average molecular weight is 462 g/mol. The Bertz CT molecular complexity index is 1130. The van der Waals surface area contributed by atoms with Gasteiger partial charge in [0, 0.05) is 11.6 Å². The Kier molecular flexibility index (Phi) is 7.14. The first-order valence-electron chi connectivity index (χ1n) is 10.5. The number of amidine groups is 1. The maximum Gasteiger partial charge on any atom is 0.187 e. The molecule has 7 heteroatoms. The van der Waals surface area contributed by atoms with Gasteiger partial charge in [0.05, 0.1) is 17.3 Å². The summed E-state index contributed by atoms with van der Waals surface area (Å²) >= 11 is 11.9. The second-order valence-electron chi connectivity index (χ2n) is 7.29. The molecule has 5 nitrogen and oxygen atoms in total. The van der Waals surface area contributed by atoms with Crippen LogP contribution in [0.5, 0.6) is 0 Å². The van der Waals surface area contributed by atoms with E-state index in [0.29, 0.717) is 18.1 Å². The molecule has 1 aliphatic heterocycles. The third-order valence-corrected chi connectivity index (χ3v) is 5.73. The van der Waals surface area contributed by atoms with E-state index in [1.165, 1.54) is 0 Å². The second-order valence-corrected chi connectivity index (χ2v) is 8.10. The van der Waals surface area contributed by atoms with Crippen molar-refractivity contribution in [2.45, 2.75) is 13.3 Å². The lowest BCUT2D eigenvalue weighted by atomic mass is 9.90. The minimum absolute atomic E-state index is 0.116. The van der Waals surface area contributed by atoms with Crippen LogP contribution in [0, 0.1) is 5.92 Å². The van der Waals surface area contributed by atoms with Gasteiger partial charge in [0.2, 0.25) is 0 Å². The first-order valence-corrected chi connectivity index (χ1v) is 11.3. The molecule has 2 N–H and O–H groups in total. The zero-order chi connectivity index (χ0) is 22.3. The SMILES string of the molecule is CCNC(=S)NN=C1C(Cc2ccccc2Cl)C(c2ccccc2)=NN1c1ccccc1. The highest BCUT2D eigenvalue weighted by atomic mass is 35.5. The van der Waals surface area contributed by atoms with Crippen LogP contribution in [-0.4, -0.2) is 23.2 Å². The Morgan fingerprint density at radius 1 is 1.00 bits per heavy atom. The molecule has 0 aliphatic carbocycles. The molecular weight excluding hydrogens is 438 g/mol. The van der Waals surface area contributed by atoms with Crippen molar-refractivity contribution < 1.29 is 0 Å². The van der Waals surface area contributed by atoms with Gasteiger partial charge >= 0.3 is 0 Å². The van der Waals surface area contributed by atoms with E-state index in [9.17, 15) is 0 Å². The zero-order valence-corrected chi connectivity index (χ0v) is 19.3. The monoisotopic (exact) mass is 461 g/mol. The Morgan fingerprint density at radius 3 is 2.34 bits per heavy atom. The highest BCUT2D eigenvalue weighted by Crippen LogP contribution is 2.31. The van der Waals surface area contributed by atoms with Gasteiger partial charge in [-0.1, -0.05) is 78.3 Å². The summed E-state index contributed by atoms with van der Waals surface area (Å²) in [5.41, 5.74) is 6.94. The van der Waals surface area contributed by atoms with E-state index in [-0.39, 0.29) is 5.92 Å². The molecule has 0 spiro atoms. The molecule has 3 aromatic carbocycles. The number of hydrogen-bond donors (Lipinski definition) is 2. The summed E-state index contributed by atoms with van der Waals surface area (Å²) in [6.45, 7) is 2.71. The number of nitrogens with zero attached hydrogens (tertiary/aromatic N) is 3. The fourth-order valence-electron chi connectivity index (χ4n) is 3.63. The Hall–Kier alpha value is -3.22. The topological polar surface area (TPSA) is 52.0 Å². The van der Waals surface area contributed by atoms with Gasteiger partial charge in [0.15, 0.2) is 10.9 Å². The van der Waals surface area contributed by atoms with Crippen molar-refractivity contribution in [2.24, 2.45) is 16.1 Å². The fourth-order valence-corrected chi connectivity index (χ4v) is 4.03. The van der Waals surface area contributed by atoms with Crippen molar-refractivity contribution in [3.05, 3.63) is 101 Å². The lowest BCUT2D eigenvalue weighted by molar-refractivity contribution is 0.854. The van der Waals surface area contributed by atoms with Crippen LogP contribution in [0.25, 0.3) is 0 Å². The molecule has 3 aromatic rings. The third kappa shape index (κ3) is 4.98. The summed E-state index contributed by atoms with van der Waals surface area (Å²) in [5.74, 6) is 0.643. The number of halogens is 1. The van der Waals surface area contributed by atoms with E-state index in [1.54, 1.807) is 0 Å². The fraction of sp³-hybridized carbons (Fsp3) is 0.160. The smallest absolute Gasteiger partial charge is 0.187 e. The van der Waals surface area contributed by atoms with Crippen LogP contribution in [0.1, 0.15) is 18.1 Å². The Morgan fingerprint density at radius 2 is 1.66 bits per heavy atom. The summed E-state index contributed by atoms with van der Waals surface area (Å²) in [6, 6.07) is 28.1. The summed E-state index contributed by atoms with van der Waals surface area (Å²) in [7, 11) is 0. The quantitative estimate of drug-likeness (QED) is 0.390. The van der Waals surface area contributed by atoms with Gasteiger partial charge in [-0.25, -0.2) is 5.01 Å². The van der Waals surface area contributed by atoms with Gasteiger partial charge in [0.1, 0.15) is 0 Å². The lowest BCUT2D eigenvalue weighted by Crippen LogP contribution is -2.36. The van der Waals surface area contributed by atoms with Crippen LogP contribution in [0.15, 0.2) is 95.1 Å². The predicted molar refractivity (Wildman–Crippen MR) is 137 cm³/mol. The number of hydrogen-bond acceptors (Lipinski definition) is 3. The van der Waals surface area contributed by atoms with Crippen LogP contribution in [0.3, 0.4) is 0 Å². The second kappa shape index (κ2) is 10.4. The minimum atomic E-state index is -0.116. The van der Waals surface area contributed by atoms with Crippen LogP contribution in [0.4, 0.5) is 5.69 Å². The van der Waals surface area contributed by atoms with Crippen molar-refractivity contribution in [3.63, 3.8) is 0 Å². The number of para-hydroxylation sites is 1. The van der Waals surface area contributed by atoms with Crippen LogP contribution in [-0.2, 0) is 6.42 Å². The number of thiocarbonyl (C=S) groups is 1. The molecule has 1 heterocycles. The van der Waals surface area contributed by atoms with Crippen molar-refractivity contribution in [3.8, 4) is 0 Å². The Labute approximate surface area is 198 Å². The van der Waals surface area contributed by atoms with Gasteiger partial charge in [0.25, 0.3) is 0 Å². The van der Waals surface area contributed by atoms with Gasteiger partial charge in [-0.05, 0) is 54.9 Å². The van der Waals surface area contributed by atoms with E-state index in [4.69, 9.17) is 34.0 Å². The molecule has 0 radical (unpaired) electrons. The van der Waals surface area contributed by atoms with Crippen LogP contribution >= 0.6 is 23.8 Å². The molecular formula is C25H24ClN5S. The zero-order valence-electron chi connectivity index (χ0n) is 17.7. The molecule has 1 aliphatic rings. The van der Waals surface area contributed by atoms with Gasteiger partial charge in [-0.3, -0.25) is 5.43 Å². The predicted octanol–water partition coefficient (Wildman–Crippen LogP) is 5.22. The Balaban J connectivity index is 1.80. The minimum Gasteiger partial charge on any atom is -0.362 e. The maximum atomic E-state index is 6.53. The first-order chi connectivity index (χ1) is 15.7. The van der Waals surface area contributed by atoms with E-state index in [1.807, 2.05) is 84.7 Å². The van der Waals surface area contributed by atoms with Gasteiger partial charge in [-0.15, -0.1) is 0 Å². The summed E-state index contributed by atoms with van der Waals surface area (Å²) in [5, 5.41) is 15.9. The molecule has 0 fully saturated rings. The number of anilines is 1. The maximum absolute atomic E-state index is 6.53. The molecule has 0 saturated heterocycles. The highest BCUT2D eigenvalue weighted by molar-refractivity contribution is 7.80. The van der Waals surface area contributed by atoms with E-state index in [2.05, 4.69) is 22.9 Å². The van der Waals surface area contributed by atoms with Gasteiger partial charge < -0.3 is 5.32 Å². The standard InChI is InChI=1S/C25H24ClN5S/c1-2-27-25(32)29-28-24-21(17-19-13-9-10-16-22(19)26)23(18-11-5-3-6-12-18)30-31(24)20-14-7-4-8-15-20/h3-16,21H,2,17H2,1H3,(H2,27,29,32). The molecule has 0 aromatic heterocycles. The molecule has 1 unspecified atom stereocenters. The molecule has 32 heavy (non-hydrogen) atoms. The average Bonchev–Trinajstić information content (AvgIpc) is 3.18. The van der Waals surface area contributed by atoms with Crippen molar-refractivity contribution in [2.75, 3.05) is 11.6 Å². The molecule has 0 bridgehead atoms. The molecule has 0 amide bonds. The number of hydrazone groups is 2. The highest BCUT2D eigenvalue weighted by Gasteiger charge is 2.36. The summed E-state index contributed by atoms with van der Waals surface area (Å²) in [6.07, 6.45) is 0.658. The molecule has 0 saturated carbocycles. The lowest BCUT2D eigenvalue weighted by Gasteiger charge is -2.20. The number of nitrogens with one attached hydrogen (secondary N) is 2. The molecule has 4 rings (SSSR count). The van der Waals surface area contributed by atoms with E-state index >= 15 is 0 Å². The van der Waals surface area contributed by atoms with Crippen molar-refractivity contribution in [1.82, 2.24) is 10.7 Å². The summed E-state index contributed by atoms with van der Waals surface area (Å²) < 4.78 is 0. The molecule has 162 valence electrons. The number of rotatable bonds is 6. The summed E-state index contributed by atoms with van der Waals surface area (Å²) in [4.78, 5) is 0. The first kappa shape index (κ1) is 22.0. The van der Waals surface area contributed by atoms with E-state index in [0.717, 1.165) is 33.4 Å².